The minimum Gasteiger partial charge on any atom is -0.390 e. The number of fused-ring (bicyclic) bond motifs is 7. The zero-order chi connectivity index (χ0) is 22.4. The molecule has 5 aliphatic carbocycles. The Hall–Kier alpha value is -1.73. The van der Waals surface area contributed by atoms with Crippen LogP contribution in [-0.2, 0) is 9.59 Å². The van der Waals surface area contributed by atoms with Gasteiger partial charge in [-0.1, -0.05) is 39.3 Å². The van der Waals surface area contributed by atoms with E-state index in [1.807, 2.05) is 12.2 Å². The number of aliphatic hydroxyl groups is 1. The van der Waals surface area contributed by atoms with Gasteiger partial charge in [-0.15, -0.1) is 0 Å². The standard InChI is InChI=1S/C27H35NO3/c1-24(2)9-10-27(31)8-6-18-23(19(27)14-24)21(30)12-22-25(18,3)7-5-17-11-20(29)16(15-28)13-26(17,22)4/h12-13,17-19,23,31H,5-11,14H2,1-4H3. The summed E-state index contributed by atoms with van der Waals surface area (Å²) in [7, 11) is 0. The number of Topliss-reactive ketones (excluding diaryl/α,β-unsaturated/α-hetero) is 1. The lowest BCUT2D eigenvalue weighted by Crippen LogP contribution is -2.61. The Morgan fingerprint density at radius 2 is 1.77 bits per heavy atom. The molecule has 3 fully saturated rings. The fourth-order valence-corrected chi connectivity index (χ4v) is 8.38. The van der Waals surface area contributed by atoms with Gasteiger partial charge in [0.2, 0.25) is 0 Å². The Kier molecular flexibility index (Phi) is 4.37. The number of carbonyl (C=O) groups excluding carboxylic acids is 2. The Morgan fingerprint density at radius 3 is 2.48 bits per heavy atom. The van der Waals surface area contributed by atoms with Gasteiger partial charge < -0.3 is 5.11 Å². The van der Waals surface area contributed by atoms with Crippen LogP contribution in [0.5, 0.6) is 0 Å². The highest BCUT2D eigenvalue weighted by Gasteiger charge is 2.63. The predicted molar refractivity (Wildman–Crippen MR) is 118 cm³/mol. The predicted octanol–water partition coefficient (Wildman–Crippen LogP) is 4.92. The van der Waals surface area contributed by atoms with E-state index in [1.165, 1.54) is 0 Å². The van der Waals surface area contributed by atoms with E-state index in [-0.39, 0.29) is 51.6 Å². The van der Waals surface area contributed by atoms with Gasteiger partial charge in [-0.05, 0) is 79.6 Å². The summed E-state index contributed by atoms with van der Waals surface area (Å²) in [6.45, 7) is 9.00. The zero-order valence-electron chi connectivity index (χ0n) is 19.3. The lowest BCUT2D eigenvalue weighted by Gasteiger charge is -2.63. The fourth-order valence-electron chi connectivity index (χ4n) is 8.38. The van der Waals surface area contributed by atoms with Crippen LogP contribution in [0.25, 0.3) is 0 Å². The maximum atomic E-state index is 13.7. The van der Waals surface area contributed by atoms with Gasteiger partial charge >= 0.3 is 0 Å². The van der Waals surface area contributed by atoms with Crippen molar-refractivity contribution in [2.75, 3.05) is 0 Å². The van der Waals surface area contributed by atoms with E-state index in [4.69, 9.17) is 0 Å². The number of nitriles is 1. The largest absolute Gasteiger partial charge is 0.390 e. The molecule has 7 unspecified atom stereocenters. The van der Waals surface area contributed by atoms with E-state index in [2.05, 4.69) is 33.8 Å². The van der Waals surface area contributed by atoms with Crippen LogP contribution >= 0.6 is 0 Å². The van der Waals surface area contributed by atoms with Crippen LogP contribution in [0, 0.1) is 51.2 Å². The maximum Gasteiger partial charge on any atom is 0.173 e. The third-order valence-electron chi connectivity index (χ3n) is 10.2. The van der Waals surface area contributed by atoms with Crippen molar-refractivity contribution in [2.45, 2.75) is 84.7 Å². The van der Waals surface area contributed by atoms with Crippen molar-refractivity contribution in [1.29, 1.82) is 5.26 Å². The summed E-state index contributed by atoms with van der Waals surface area (Å²) in [6, 6.07) is 2.11. The molecule has 0 bridgehead atoms. The van der Waals surface area contributed by atoms with Gasteiger partial charge in [0.05, 0.1) is 11.2 Å². The molecular formula is C27H35NO3. The van der Waals surface area contributed by atoms with Crippen molar-refractivity contribution in [3.8, 4) is 6.07 Å². The van der Waals surface area contributed by atoms with E-state index >= 15 is 0 Å². The topological polar surface area (TPSA) is 78.2 Å². The molecule has 5 aliphatic rings. The van der Waals surface area contributed by atoms with Gasteiger partial charge in [0.15, 0.2) is 11.6 Å². The molecule has 0 radical (unpaired) electrons. The van der Waals surface area contributed by atoms with Gasteiger partial charge in [-0.3, -0.25) is 9.59 Å². The molecule has 0 aromatic rings. The SMILES string of the molecule is CC1(C)CCC2(O)CCC3C(C(=O)C=C4C5(C)C=C(C#N)C(=O)CC5CCC43C)C2C1. The van der Waals surface area contributed by atoms with Crippen molar-refractivity contribution < 1.29 is 14.7 Å². The summed E-state index contributed by atoms with van der Waals surface area (Å²) in [5.74, 6) is 0.423. The second-order valence-electron chi connectivity index (χ2n) is 12.4. The third-order valence-corrected chi connectivity index (χ3v) is 10.2. The summed E-state index contributed by atoms with van der Waals surface area (Å²) in [6.07, 6.45) is 10.5. The molecule has 166 valence electrons. The monoisotopic (exact) mass is 421 g/mol. The Labute approximate surface area is 185 Å². The molecule has 4 heteroatoms. The van der Waals surface area contributed by atoms with Gasteiger partial charge in [-0.2, -0.15) is 5.26 Å². The maximum absolute atomic E-state index is 13.7. The summed E-state index contributed by atoms with van der Waals surface area (Å²) in [5.41, 5.74) is 0.312. The molecule has 0 saturated heterocycles. The van der Waals surface area contributed by atoms with Gasteiger partial charge in [0.25, 0.3) is 0 Å². The highest BCUT2D eigenvalue weighted by atomic mass is 16.3. The first kappa shape index (κ1) is 21.1. The summed E-state index contributed by atoms with van der Waals surface area (Å²) in [5, 5.41) is 21.1. The number of allylic oxidation sites excluding steroid dienone is 4. The average molecular weight is 422 g/mol. The molecule has 0 aliphatic heterocycles. The first-order valence-corrected chi connectivity index (χ1v) is 12.1. The van der Waals surface area contributed by atoms with Crippen molar-refractivity contribution >= 4 is 11.6 Å². The van der Waals surface area contributed by atoms with Gasteiger partial charge in [0.1, 0.15) is 6.07 Å². The van der Waals surface area contributed by atoms with Gasteiger partial charge in [0, 0.05) is 17.8 Å². The van der Waals surface area contributed by atoms with Crippen LogP contribution in [0.2, 0.25) is 0 Å². The van der Waals surface area contributed by atoms with Crippen LogP contribution in [-0.4, -0.2) is 22.3 Å². The average Bonchev–Trinajstić information content (AvgIpc) is 2.70. The number of carbonyl (C=O) groups is 2. The smallest absolute Gasteiger partial charge is 0.173 e. The minimum absolute atomic E-state index is 0.0285. The molecule has 0 heterocycles. The highest BCUT2D eigenvalue weighted by molar-refractivity contribution is 6.01. The number of nitrogens with zero attached hydrogens (tertiary/aromatic N) is 1. The van der Waals surface area contributed by atoms with Crippen LogP contribution in [0.4, 0.5) is 0 Å². The zero-order valence-corrected chi connectivity index (χ0v) is 19.3. The molecule has 0 amide bonds. The number of hydrogen-bond acceptors (Lipinski definition) is 4. The van der Waals surface area contributed by atoms with Crippen LogP contribution in [0.3, 0.4) is 0 Å². The Balaban J connectivity index is 1.62. The molecule has 4 nitrogen and oxygen atoms in total. The molecule has 1 N–H and O–H groups in total. The van der Waals surface area contributed by atoms with E-state index in [1.54, 1.807) is 0 Å². The molecular weight excluding hydrogens is 386 g/mol. The Bertz CT molecular complexity index is 967. The number of ketones is 2. The van der Waals surface area contributed by atoms with Crippen molar-refractivity contribution in [3.05, 3.63) is 23.3 Å². The molecule has 0 aromatic heterocycles. The van der Waals surface area contributed by atoms with Crippen molar-refractivity contribution in [1.82, 2.24) is 0 Å². The minimum atomic E-state index is -0.708. The van der Waals surface area contributed by atoms with Crippen LogP contribution in [0.15, 0.2) is 23.3 Å². The molecule has 0 aromatic carbocycles. The number of rotatable bonds is 0. The highest BCUT2D eigenvalue weighted by Crippen LogP contribution is 2.67. The van der Waals surface area contributed by atoms with E-state index < -0.39 is 11.0 Å². The summed E-state index contributed by atoms with van der Waals surface area (Å²) >= 11 is 0. The normalized spacial score (nSPS) is 48.3. The number of hydrogen-bond donors (Lipinski definition) is 1. The Morgan fingerprint density at radius 1 is 1.03 bits per heavy atom. The summed E-state index contributed by atoms with van der Waals surface area (Å²) < 4.78 is 0. The van der Waals surface area contributed by atoms with E-state index in [0.29, 0.717) is 6.42 Å². The fraction of sp³-hybridized carbons (Fsp3) is 0.741. The first-order valence-electron chi connectivity index (χ1n) is 12.1. The van der Waals surface area contributed by atoms with Crippen LogP contribution < -0.4 is 0 Å². The lowest BCUT2D eigenvalue weighted by atomic mass is 9.41. The second-order valence-corrected chi connectivity index (χ2v) is 12.4. The van der Waals surface area contributed by atoms with Crippen molar-refractivity contribution in [3.63, 3.8) is 0 Å². The summed E-state index contributed by atoms with van der Waals surface area (Å²) in [4.78, 5) is 26.1. The van der Waals surface area contributed by atoms with Crippen LogP contribution in [0.1, 0.15) is 79.1 Å². The quantitative estimate of drug-likeness (QED) is 0.602. The third kappa shape index (κ3) is 2.81. The lowest BCUT2D eigenvalue weighted by molar-refractivity contribution is -0.169. The molecule has 7 atom stereocenters. The molecule has 5 rings (SSSR count). The first-order chi connectivity index (χ1) is 14.4. The van der Waals surface area contributed by atoms with Gasteiger partial charge in [-0.25, -0.2) is 0 Å². The molecule has 31 heavy (non-hydrogen) atoms. The van der Waals surface area contributed by atoms with Crippen molar-refractivity contribution in [2.24, 2.45) is 39.9 Å². The molecule has 0 spiro atoms. The second kappa shape index (κ2) is 6.41. The van der Waals surface area contributed by atoms with E-state index in [9.17, 15) is 20.0 Å². The van der Waals surface area contributed by atoms with E-state index in [0.717, 1.165) is 50.5 Å². The molecule has 3 saturated carbocycles.